The molecule has 0 saturated heterocycles. The molecule has 0 fully saturated rings. The zero-order valence-electron chi connectivity index (χ0n) is 8.41. The quantitative estimate of drug-likeness (QED) is 0.410. The molecule has 0 bridgehead atoms. The average Bonchev–Trinajstić information content (AvgIpc) is 2.25. The maximum atomic E-state index is 10.2. The summed E-state index contributed by atoms with van der Waals surface area (Å²) in [4.78, 5) is 24.6. The molecule has 5 nitrogen and oxygen atoms in total. The fraction of sp³-hybridized carbons (Fsp3) is 0.333. The Morgan fingerprint density at radius 3 is 2.14 bits per heavy atom. The van der Waals surface area contributed by atoms with E-state index in [4.69, 9.17) is 0 Å². The predicted molar refractivity (Wildman–Crippen MR) is 52.2 cm³/mol. The summed E-state index contributed by atoms with van der Waals surface area (Å²) in [6.45, 7) is 8.63. The lowest BCUT2D eigenvalue weighted by molar-refractivity contribution is -0.134. The molecule has 1 N–H and O–H groups in total. The normalized spacial score (nSPS) is 7.57. The Hall–Kier alpha value is -1.62. The second-order valence-corrected chi connectivity index (χ2v) is 1.83. The Morgan fingerprint density at radius 2 is 1.93 bits per heavy atom. The van der Waals surface area contributed by atoms with Crippen molar-refractivity contribution in [1.82, 2.24) is 5.48 Å². The summed E-state index contributed by atoms with van der Waals surface area (Å²) in [7, 11) is 1.31. The topological polar surface area (TPSA) is 64.6 Å². The molecular weight excluding hydrogens is 186 g/mol. The molecule has 0 aromatic rings. The highest BCUT2D eigenvalue weighted by Gasteiger charge is 1.87. The highest BCUT2D eigenvalue weighted by molar-refractivity contribution is 5.85. The van der Waals surface area contributed by atoms with Gasteiger partial charge in [-0.3, -0.25) is 9.63 Å². The van der Waals surface area contributed by atoms with Gasteiger partial charge >= 0.3 is 5.97 Å². The molecule has 0 saturated carbocycles. The SMILES string of the molecule is C=CC(=O)NOCC.C=CC(=O)OC. The molecule has 0 aliphatic heterocycles. The summed E-state index contributed by atoms with van der Waals surface area (Å²) >= 11 is 0. The van der Waals surface area contributed by atoms with Gasteiger partial charge < -0.3 is 4.74 Å². The highest BCUT2D eigenvalue weighted by atomic mass is 16.6. The van der Waals surface area contributed by atoms with Gasteiger partial charge in [0.15, 0.2) is 0 Å². The molecule has 0 aromatic carbocycles. The minimum atomic E-state index is -0.394. The van der Waals surface area contributed by atoms with Crippen molar-refractivity contribution in [3.05, 3.63) is 25.3 Å². The van der Waals surface area contributed by atoms with E-state index in [-0.39, 0.29) is 5.91 Å². The van der Waals surface area contributed by atoms with Crippen LogP contribution < -0.4 is 5.48 Å². The zero-order chi connectivity index (χ0) is 11.4. The average molecular weight is 201 g/mol. The third-order valence-corrected chi connectivity index (χ3v) is 0.870. The molecule has 0 spiro atoms. The monoisotopic (exact) mass is 201 g/mol. The molecule has 0 aromatic heterocycles. The number of carbonyl (C=O) groups excluding carboxylic acids is 2. The van der Waals surface area contributed by atoms with Crippen molar-refractivity contribution in [3.8, 4) is 0 Å². The number of hydrogen-bond donors (Lipinski definition) is 1. The van der Waals surface area contributed by atoms with E-state index in [1.165, 1.54) is 7.11 Å². The lowest BCUT2D eigenvalue weighted by Gasteiger charge is -1.96. The van der Waals surface area contributed by atoms with Gasteiger partial charge in [-0.1, -0.05) is 13.2 Å². The zero-order valence-corrected chi connectivity index (χ0v) is 8.41. The summed E-state index contributed by atoms with van der Waals surface area (Å²) < 4.78 is 4.14. The van der Waals surface area contributed by atoms with Gasteiger partial charge in [0.2, 0.25) is 0 Å². The van der Waals surface area contributed by atoms with E-state index in [1.807, 2.05) is 0 Å². The lowest BCUT2D eigenvalue weighted by Crippen LogP contribution is -2.20. The van der Waals surface area contributed by atoms with Gasteiger partial charge in [0.25, 0.3) is 5.91 Å². The van der Waals surface area contributed by atoms with Crippen molar-refractivity contribution in [2.24, 2.45) is 0 Å². The lowest BCUT2D eigenvalue weighted by atomic mass is 10.6. The van der Waals surface area contributed by atoms with Crippen LogP contribution in [0.25, 0.3) is 0 Å². The third-order valence-electron chi connectivity index (χ3n) is 0.870. The second kappa shape index (κ2) is 11.4. The number of nitrogens with one attached hydrogen (secondary N) is 1. The van der Waals surface area contributed by atoms with Gasteiger partial charge in [0.05, 0.1) is 13.7 Å². The summed E-state index contributed by atoms with van der Waals surface area (Å²) in [5.41, 5.74) is 2.12. The van der Waals surface area contributed by atoms with Crippen LogP contribution >= 0.6 is 0 Å². The maximum absolute atomic E-state index is 10.2. The molecule has 14 heavy (non-hydrogen) atoms. The van der Waals surface area contributed by atoms with Crippen LogP contribution in [0.4, 0.5) is 0 Å². The molecule has 0 heterocycles. The fourth-order valence-electron chi connectivity index (χ4n) is 0.268. The number of carbonyl (C=O) groups is 2. The van der Waals surface area contributed by atoms with Crippen LogP contribution in [0.5, 0.6) is 0 Å². The Balaban J connectivity index is 0. The maximum Gasteiger partial charge on any atom is 0.329 e. The minimum Gasteiger partial charge on any atom is -0.466 e. The molecule has 0 radical (unpaired) electrons. The number of hydroxylamine groups is 1. The minimum absolute atomic E-state index is 0.313. The smallest absolute Gasteiger partial charge is 0.329 e. The number of esters is 1. The Morgan fingerprint density at radius 1 is 1.36 bits per heavy atom. The van der Waals surface area contributed by atoms with Crippen molar-refractivity contribution < 1.29 is 19.2 Å². The molecule has 5 heteroatoms. The molecule has 0 aliphatic rings. The first-order valence-corrected chi connectivity index (χ1v) is 3.86. The van der Waals surface area contributed by atoms with Gasteiger partial charge in [-0.2, -0.15) is 0 Å². The van der Waals surface area contributed by atoms with Crippen LogP contribution in [-0.4, -0.2) is 25.6 Å². The highest BCUT2D eigenvalue weighted by Crippen LogP contribution is 1.68. The second-order valence-electron chi connectivity index (χ2n) is 1.83. The molecule has 0 aliphatic carbocycles. The van der Waals surface area contributed by atoms with E-state index in [0.717, 1.165) is 12.2 Å². The Kier molecular flexibility index (Phi) is 12.1. The number of hydrogen-bond acceptors (Lipinski definition) is 4. The Bertz CT molecular complexity index is 201. The van der Waals surface area contributed by atoms with Gasteiger partial charge in [-0.25, -0.2) is 10.3 Å². The molecule has 0 atom stereocenters. The molecule has 0 rings (SSSR count). The van der Waals surface area contributed by atoms with Gasteiger partial charge in [-0.05, 0) is 13.0 Å². The van der Waals surface area contributed by atoms with Crippen molar-refractivity contribution >= 4 is 11.9 Å². The number of methoxy groups -OCH3 is 1. The number of rotatable bonds is 4. The summed E-state index contributed by atoms with van der Waals surface area (Å²) in [6, 6.07) is 0. The first-order valence-electron chi connectivity index (χ1n) is 3.86. The summed E-state index contributed by atoms with van der Waals surface area (Å²) in [5.74, 6) is -0.707. The van der Waals surface area contributed by atoms with Crippen molar-refractivity contribution in [3.63, 3.8) is 0 Å². The van der Waals surface area contributed by atoms with Crippen molar-refractivity contribution in [2.75, 3.05) is 13.7 Å². The van der Waals surface area contributed by atoms with E-state index in [2.05, 4.69) is 28.2 Å². The molecule has 1 amide bonds. The third kappa shape index (κ3) is 13.0. The van der Waals surface area contributed by atoms with Crippen LogP contribution in [0.15, 0.2) is 25.3 Å². The van der Waals surface area contributed by atoms with E-state index >= 15 is 0 Å². The van der Waals surface area contributed by atoms with Gasteiger partial charge in [0.1, 0.15) is 0 Å². The van der Waals surface area contributed by atoms with Crippen LogP contribution in [-0.2, 0) is 19.2 Å². The first kappa shape index (κ1) is 14.9. The standard InChI is InChI=1S/C5H9NO2.C4H6O2/c1-3-5(7)6-8-4-2;1-3-4(5)6-2/h3H,1,4H2,2H3,(H,6,7);3H,1H2,2H3. The fourth-order valence-corrected chi connectivity index (χ4v) is 0.268. The van der Waals surface area contributed by atoms with Crippen LogP contribution in [0.1, 0.15) is 6.92 Å². The molecular formula is C9H15NO4. The van der Waals surface area contributed by atoms with E-state index in [1.54, 1.807) is 6.92 Å². The van der Waals surface area contributed by atoms with Crippen LogP contribution in [0.2, 0.25) is 0 Å². The van der Waals surface area contributed by atoms with Crippen LogP contribution in [0.3, 0.4) is 0 Å². The molecule has 0 unspecified atom stereocenters. The largest absolute Gasteiger partial charge is 0.466 e. The van der Waals surface area contributed by atoms with Crippen molar-refractivity contribution in [2.45, 2.75) is 6.92 Å². The van der Waals surface area contributed by atoms with E-state index in [0.29, 0.717) is 6.61 Å². The van der Waals surface area contributed by atoms with Crippen molar-refractivity contribution in [1.29, 1.82) is 0 Å². The van der Waals surface area contributed by atoms with Crippen LogP contribution in [0, 0.1) is 0 Å². The Labute approximate surface area is 83.3 Å². The van der Waals surface area contributed by atoms with E-state index < -0.39 is 5.97 Å². The summed E-state index contributed by atoms with van der Waals surface area (Å²) in [6.07, 6.45) is 2.26. The predicted octanol–water partition coefficient (Wildman–Crippen LogP) is 0.585. The first-order chi connectivity index (χ1) is 6.62. The summed E-state index contributed by atoms with van der Waals surface area (Å²) in [5, 5.41) is 0. The number of ether oxygens (including phenoxy) is 1. The number of amides is 1. The molecule has 80 valence electrons. The van der Waals surface area contributed by atoms with E-state index in [9.17, 15) is 9.59 Å². The van der Waals surface area contributed by atoms with Gasteiger partial charge in [0, 0.05) is 6.08 Å². The van der Waals surface area contributed by atoms with Gasteiger partial charge in [-0.15, -0.1) is 0 Å².